The average Bonchev–Trinajstić information content (AvgIpc) is 2.85. The SMILES string of the molecule is CC[C@H](C(=O)NC1CCCCC1)N(Cc1ccc(Cl)c(Cl)c1)C(=O)COc1ccc(C(C)C)cc1Br. The molecule has 5 nitrogen and oxygen atoms in total. The van der Waals surface area contributed by atoms with Crippen molar-refractivity contribution in [1.29, 1.82) is 0 Å². The van der Waals surface area contributed by atoms with Crippen LogP contribution in [0, 0.1) is 0 Å². The zero-order valence-corrected chi connectivity index (χ0v) is 24.3. The molecule has 0 saturated heterocycles. The van der Waals surface area contributed by atoms with Crippen LogP contribution in [0.5, 0.6) is 5.75 Å². The van der Waals surface area contributed by atoms with Crippen LogP contribution in [-0.4, -0.2) is 35.4 Å². The van der Waals surface area contributed by atoms with Crippen LogP contribution in [0.1, 0.15) is 76.3 Å². The van der Waals surface area contributed by atoms with Gasteiger partial charge in [0.1, 0.15) is 11.8 Å². The third kappa shape index (κ3) is 7.87. The predicted molar refractivity (Wildman–Crippen MR) is 150 cm³/mol. The Bertz CT molecular complexity index is 1060. The lowest BCUT2D eigenvalue weighted by Crippen LogP contribution is -2.52. The van der Waals surface area contributed by atoms with Gasteiger partial charge in [-0.15, -0.1) is 0 Å². The fraction of sp³-hybridized carbons (Fsp3) is 0.500. The Morgan fingerprint density at radius 3 is 2.42 bits per heavy atom. The lowest BCUT2D eigenvalue weighted by Gasteiger charge is -2.32. The number of amides is 2. The molecule has 0 spiro atoms. The molecule has 1 aliphatic rings. The van der Waals surface area contributed by atoms with Crippen LogP contribution in [0.3, 0.4) is 0 Å². The van der Waals surface area contributed by atoms with E-state index in [4.69, 9.17) is 27.9 Å². The van der Waals surface area contributed by atoms with Crippen molar-refractivity contribution in [3.05, 3.63) is 62.0 Å². The van der Waals surface area contributed by atoms with Crippen LogP contribution in [0.15, 0.2) is 40.9 Å². The minimum atomic E-state index is -0.621. The fourth-order valence-corrected chi connectivity index (χ4v) is 5.35. The highest BCUT2D eigenvalue weighted by Gasteiger charge is 2.30. The second-order valence-corrected chi connectivity index (χ2v) is 11.3. The average molecular weight is 598 g/mol. The van der Waals surface area contributed by atoms with E-state index in [1.807, 2.05) is 31.2 Å². The summed E-state index contributed by atoms with van der Waals surface area (Å²) in [6.45, 7) is 6.20. The van der Waals surface area contributed by atoms with Crippen molar-refractivity contribution >= 4 is 50.9 Å². The maximum Gasteiger partial charge on any atom is 0.261 e. The minimum absolute atomic E-state index is 0.125. The maximum atomic E-state index is 13.5. The first-order valence-corrected chi connectivity index (χ1v) is 14.2. The number of halogens is 3. The second kappa shape index (κ2) is 13.7. The van der Waals surface area contributed by atoms with E-state index in [2.05, 4.69) is 35.1 Å². The molecule has 2 amide bonds. The monoisotopic (exact) mass is 596 g/mol. The number of benzene rings is 2. The number of nitrogens with zero attached hydrogens (tertiary/aromatic N) is 1. The van der Waals surface area contributed by atoms with E-state index in [-0.39, 0.29) is 31.0 Å². The van der Waals surface area contributed by atoms with Gasteiger partial charge in [0, 0.05) is 12.6 Å². The highest BCUT2D eigenvalue weighted by molar-refractivity contribution is 9.10. The molecule has 0 aromatic heterocycles. The Morgan fingerprint density at radius 2 is 1.81 bits per heavy atom. The van der Waals surface area contributed by atoms with Gasteiger partial charge in [-0.25, -0.2) is 0 Å². The molecule has 0 aliphatic heterocycles. The first kappa shape index (κ1) is 28.8. The summed E-state index contributed by atoms with van der Waals surface area (Å²) in [7, 11) is 0. The number of carbonyl (C=O) groups excluding carboxylic acids is 2. The lowest BCUT2D eigenvalue weighted by atomic mass is 9.95. The van der Waals surface area contributed by atoms with Crippen LogP contribution in [0.2, 0.25) is 10.0 Å². The Kier molecular flexibility index (Phi) is 11.0. The number of rotatable bonds is 10. The van der Waals surface area contributed by atoms with Crippen LogP contribution in [0.4, 0.5) is 0 Å². The van der Waals surface area contributed by atoms with Gasteiger partial charge in [0.25, 0.3) is 5.91 Å². The number of ether oxygens (including phenoxy) is 1. The Balaban J connectivity index is 1.79. The molecule has 0 unspecified atom stereocenters. The number of nitrogens with one attached hydrogen (secondary N) is 1. The van der Waals surface area contributed by atoms with Gasteiger partial charge in [-0.3, -0.25) is 9.59 Å². The largest absolute Gasteiger partial charge is 0.483 e. The third-order valence-electron chi connectivity index (χ3n) is 6.65. The van der Waals surface area contributed by atoms with Gasteiger partial charge in [0.2, 0.25) is 5.91 Å². The third-order valence-corrected chi connectivity index (χ3v) is 8.01. The molecule has 0 radical (unpaired) electrons. The van der Waals surface area contributed by atoms with E-state index in [0.29, 0.717) is 28.1 Å². The zero-order chi connectivity index (χ0) is 26.2. The standard InChI is InChI=1S/C28H35BrCl2N2O3/c1-4-25(28(35)32-21-8-6-5-7-9-21)33(16-19-10-12-23(30)24(31)14-19)27(34)17-36-26-13-11-20(18(2)3)15-22(26)29/h10-15,18,21,25H,4-9,16-17H2,1-3H3,(H,32,35)/t25-/m1/s1. The van der Waals surface area contributed by atoms with E-state index >= 15 is 0 Å². The molecular weight excluding hydrogens is 563 g/mol. The molecule has 0 heterocycles. The summed E-state index contributed by atoms with van der Waals surface area (Å²) in [5, 5.41) is 4.03. The minimum Gasteiger partial charge on any atom is -0.483 e. The summed E-state index contributed by atoms with van der Waals surface area (Å²) in [5.74, 6) is 0.570. The van der Waals surface area contributed by atoms with Crippen molar-refractivity contribution in [3.8, 4) is 5.75 Å². The summed E-state index contributed by atoms with van der Waals surface area (Å²) < 4.78 is 6.69. The number of carbonyl (C=O) groups is 2. The summed E-state index contributed by atoms with van der Waals surface area (Å²) >= 11 is 15.9. The number of hydrogen-bond acceptors (Lipinski definition) is 3. The van der Waals surface area contributed by atoms with Crippen molar-refractivity contribution < 1.29 is 14.3 Å². The highest BCUT2D eigenvalue weighted by atomic mass is 79.9. The molecule has 1 aliphatic carbocycles. The molecule has 1 fully saturated rings. The quantitative estimate of drug-likeness (QED) is 0.308. The number of hydrogen-bond donors (Lipinski definition) is 1. The molecule has 36 heavy (non-hydrogen) atoms. The van der Waals surface area contributed by atoms with Crippen LogP contribution in [0.25, 0.3) is 0 Å². The molecule has 1 N–H and O–H groups in total. The van der Waals surface area contributed by atoms with Gasteiger partial charge < -0.3 is 15.0 Å². The Labute approximate surface area is 233 Å². The van der Waals surface area contributed by atoms with E-state index in [0.717, 1.165) is 35.7 Å². The smallest absolute Gasteiger partial charge is 0.261 e. The van der Waals surface area contributed by atoms with E-state index in [9.17, 15) is 9.59 Å². The van der Waals surface area contributed by atoms with E-state index in [1.165, 1.54) is 12.0 Å². The Hall–Kier alpha value is -1.76. The molecule has 2 aromatic rings. The van der Waals surface area contributed by atoms with Crippen molar-refractivity contribution in [3.63, 3.8) is 0 Å². The summed E-state index contributed by atoms with van der Waals surface area (Å²) in [6.07, 6.45) is 5.88. The van der Waals surface area contributed by atoms with Gasteiger partial charge >= 0.3 is 0 Å². The first-order valence-electron chi connectivity index (χ1n) is 12.7. The van der Waals surface area contributed by atoms with Crippen LogP contribution >= 0.6 is 39.1 Å². The fourth-order valence-electron chi connectivity index (χ4n) is 4.51. The van der Waals surface area contributed by atoms with Crippen molar-refractivity contribution in [2.24, 2.45) is 0 Å². The van der Waals surface area contributed by atoms with Crippen LogP contribution in [-0.2, 0) is 16.1 Å². The van der Waals surface area contributed by atoms with Crippen molar-refractivity contribution in [2.75, 3.05) is 6.61 Å². The molecular formula is C28H35BrCl2N2O3. The van der Waals surface area contributed by atoms with Crippen molar-refractivity contribution in [2.45, 2.75) is 83.8 Å². The Morgan fingerprint density at radius 1 is 1.08 bits per heavy atom. The molecule has 0 bridgehead atoms. The molecule has 1 saturated carbocycles. The van der Waals surface area contributed by atoms with Gasteiger partial charge in [-0.05, 0) is 76.5 Å². The molecule has 1 atom stereocenters. The van der Waals surface area contributed by atoms with Gasteiger partial charge in [-0.2, -0.15) is 0 Å². The van der Waals surface area contributed by atoms with Crippen LogP contribution < -0.4 is 10.1 Å². The normalized spacial score (nSPS) is 15.0. The predicted octanol–water partition coefficient (Wildman–Crippen LogP) is 7.51. The zero-order valence-electron chi connectivity index (χ0n) is 21.2. The molecule has 196 valence electrons. The van der Waals surface area contributed by atoms with Crippen molar-refractivity contribution in [1.82, 2.24) is 10.2 Å². The van der Waals surface area contributed by atoms with Gasteiger partial charge in [0.15, 0.2) is 6.61 Å². The molecule has 2 aromatic carbocycles. The van der Waals surface area contributed by atoms with Gasteiger partial charge in [-0.1, -0.05) is 75.4 Å². The lowest BCUT2D eigenvalue weighted by molar-refractivity contribution is -0.143. The van der Waals surface area contributed by atoms with E-state index in [1.54, 1.807) is 17.0 Å². The summed E-state index contributed by atoms with van der Waals surface area (Å²) in [6, 6.07) is 10.7. The maximum absolute atomic E-state index is 13.5. The van der Waals surface area contributed by atoms with E-state index < -0.39 is 6.04 Å². The summed E-state index contributed by atoms with van der Waals surface area (Å²) in [4.78, 5) is 28.4. The highest BCUT2D eigenvalue weighted by Crippen LogP contribution is 2.29. The first-order chi connectivity index (χ1) is 17.2. The molecule has 3 rings (SSSR count). The van der Waals surface area contributed by atoms with Gasteiger partial charge in [0.05, 0.1) is 14.5 Å². The second-order valence-electron chi connectivity index (χ2n) is 9.67. The molecule has 8 heteroatoms. The summed E-state index contributed by atoms with van der Waals surface area (Å²) in [5.41, 5.74) is 1.97. The topological polar surface area (TPSA) is 58.6 Å².